The Kier molecular flexibility index (Phi) is 14.0. The fourth-order valence-electron chi connectivity index (χ4n) is 3.79. The van der Waals surface area contributed by atoms with Gasteiger partial charge in [-0.15, -0.1) is 0 Å². The molecule has 0 aliphatic rings. The maximum absolute atomic E-state index is 11.5. The Morgan fingerprint density at radius 2 is 1.17 bits per heavy atom. The largest absolute Gasteiger partial charge is 0.503 e. The van der Waals surface area contributed by atoms with Crippen LogP contribution in [0.5, 0.6) is 11.5 Å². The van der Waals surface area contributed by atoms with Crippen molar-refractivity contribution >= 4 is 6.29 Å². The quantitative estimate of drug-likeness (QED) is 0.220. The summed E-state index contributed by atoms with van der Waals surface area (Å²) in [5.74, 6) is -1.19. The van der Waals surface area contributed by atoms with E-state index < -0.39 is 16.9 Å². The van der Waals surface area contributed by atoms with Gasteiger partial charge in [0.05, 0.1) is 6.20 Å². The molecule has 0 saturated heterocycles. The third-order valence-corrected chi connectivity index (χ3v) is 5.64. The predicted molar refractivity (Wildman–Crippen MR) is 119 cm³/mol. The zero-order valence-corrected chi connectivity index (χ0v) is 18.3. The monoisotopic (exact) mass is 407 g/mol. The maximum atomic E-state index is 11.5. The van der Waals surface area contributed by atoms with E-state index in [9.17, 15) is 19.8 Å². The molecule has 0 aromatic carbocycles. The van der Waals surface area contributed by atoms with Crippen molar-refractivity contribution in [1.82, 2.24) is 4.57 Å². The minimum atomic E-state index is -0.893. The topological polar surface area (TPSA) is 79.5 Å². The average Bonchev–Trinajstić information content (AvgIpc) is 2.72. The summed E-state index contributed by atoms with van der Waals surface area (Å²) in [6.07, 6.45) is 22.4. The first-order chi connectivity index (χ1) is 14.1. The number of carbonyl (C=O) groups excluding carboxylic acids is 1. The minimum Gasteiger partial charge on any atom is -0.503 e. The number of carbonyl (C=O) groups is 1. The number of unbranched alkanes of at least 4 members (excludes halogenated alkanes) is 15. The van der Waals surface area contributed by atoms with Gasteiger partial charge in [-0.25, -0.2) is 0 Å². The van der Waals surface area contributed by atoms with E-state index in [1.165, 1.54) is 94.2 Å². The molecule has 5 nitrogen and oxygen atoms in total. The molecule has 0 fully saturated rings. The van der Waals surface area contributed by atoms with E-state index in [0.717, 1.165) is 19.3 Å². The van der Waals surface area contributed by atoms with Crippen molar-refractivity contribution in [1.29, 1.82) is 0 Å². The lowest BCUT2D eigenvalue weighted by Crippen LogP contribution is -2.13. The van der Waals surface area contributed by atoms with Crippen LogP contribution < -0.4 is 5.43 Å². The molecule has 0 unspecified atom stereocenters. The van der Waals surface area contributed by atoms with Crippen LogP contribution in [0.25, 0.3) is 0 Å². The van der Waals surface area contributed by atoms with Crippen LogP contribution in [-0.2, 0) is 6.54 Å². The average molecular weight is 408 g/mol. The zero-order chi connectivity index (χ0) is 21.3. The number of hydrogen-bond donors (Lipinski definition) is 2. The molecule has 0 aliphatic heterocycles. The lowest BCUT2D eigenvalue weighted by atomic mass is 10.0. The van der Waals surface area contributed by atoms with Gasteiger partial charge in [0.15, 0.2) is 17.8 Å². The first kappa shape index (κ1) is 25.3. The van der Waals surface area contributed by atoms with E-state index in [-0.39, 0.29) is 5.69 Å². The maximum Gasteiger partial charge on any atom is 0.265 e. The molecule has 1 aromatic heterocycles. The number of aromatic nitrogens is 1. The summed E-state index contributed by atoms with van der Waals surface area (Å²) >= 11 is 0. The molecule has 0 spiro atoms. The second-order valence-electron chi connectivity index (χ2n) is 8.19. The number of aryl methyl sites for hydroxylation is 1. The predicted octanol–water partition coefficient (Wildman–Crippen LogP) is 6.33. The molecular weight excluding hydrogens is 366 g/mol. The Morgan fingerprint density at radius 3 is 1.59 bits per heavy atom. The molecule has 1 rings (SSSR count). The Hall–Kier alpha value is -1.78. The standard InChI is InChI=1S/C24H41NO4/c1-2-3-4-5-6-7-8-9-10-11-12-13-14-15-16-17-18-25-19-22(27)24(29)23(28)21(25)20-26/h19-20,27-28H,2-18H2,1H3. The summed E-state index contributed by atoms with van der Waals surface area (Å²) in [4.78, 5) is 22.5. The van der Waals surface area contributed by atoms with Crippen LogP contribution in [-0.4, -0.2) is 21.1 Å². The van der Waals surface area contributed by atoms with Gasteiger partial charge in [-0.1, -0.05) is 103 Å². The fourth-order valence-corrected chi connectivity index (χ4v) is 3.79. The smallest absolute Gasteiger partial charge is 0.265 e. The molecule has 166 valence electrons. The van der Waals surface area contributed by atoms with Gasteiger partial charge < -0.3 is 14.8 Å². The number of nitrogens with zero attached hydrogens (tertiary/aromatic N) is 1. The van der Waals surface area contributed by atoms with E-state index >= 15 is 0 Å². The highest BCUT2D eigenvalue weighted by Gasteiger charge is 2.13. The Morgan fingerprint density at radius 1 is 0.759 bits per heavy atom. The molecule has 0 bridgehead atoms. The van der Waals surface area contributed by atoms with Crippen molar-refractivity contribution in [2.24, 2.45) is 0 Å². The highest BCUT2D eigenvalue weighted by Crippen LogP contribution is 2.17. The highest BCUT2D eigenvalue weighted by molar-refractivity contribution is 5.76. The van der Waals surface area contributed by atoms with Gasteiger partial charge >= 0.3 is 0 Å². The van der Waals surface area contributed by atoms with Crippen LogP contribution in [0.15, 0.2) is 11.0 Å². The normalized spacial score (nSPS) is 11.1. The summed E-state index contributed by atoms with van der Waals surface area (Å²) in [7, 11) is 0. The number of hydrogen-bond acceptors (Lipinski definition) is 4. The summed E-state index contributed by atoms with van der Waals surface area (Å²) in [6.45, 7) is 2.77. The molecule has 0 radical (unpaired) electrons. The van der Waals surface area contributed by atoms with E-state index in [4.69, 9.17) is 0 Å². The molecule has 0 aliphatic carbocycles. The van der Waals surface area contributed by atoms with Crippen molar-refractivity contribution in [2.45, 2.75) is 116 Å². The van der Waals surface area contributed by atoms with Gasteiger partial charge in [0.2, 0.25) is 0 Å². The third kappa shape index (κ3) is 10.5. The van der Waals surface area contributed by atoms with Gasteiger partial charge in [0.25, 0.3) is 5.43 Å². The number of aromatic hydroxyl groups is 2. The summed E-state index contributed by atoms with van der Waals surface area (Å²) in [5.41, 5.74) is -0.955. The van der Waals surface area contributed by atoms with Crippen LogP contribution in [0.2, 0.25) is 0 Å². The summed E-state index contributed by atoms with van der Waals surface area (Å²) in [6, 6.07) is 0. The number of rotatable bonds is 18. The van der Waals surface area contributed by atoms with Gasteiger partial charge in [0, 0.05) is 6.54 Å². The first-order valence-electron chi connectivity index (χ1n) is 11.7. The molecular formula is C24H41NO4. The van der Waals surface area contributed by atoms with Crippen molar-refractivity contribution < 1.29 is 15.0 Å². The van der Waals surface area contributed by atoms with Crippen molar-refractivity contribution in [3.63, 3.8) is 0 Å². The number of pyridine rings is 1. The summed E-state index contributed by atoms with van der Waals surface area (Å²) < 4.78 is 1.46. The van der Waals surface area contributed by atoms with Crippen molar-refractivity contribution in [3.05, 3.63) is 22.1 Å². The lowest BCUT2D eigenvalue weighted by Gasteiger charge is -2.11. The van der Waals surface area contributed by atoms with E-state index in [0.29, 0.717) is 12.8 Å². The van der Waals surface area contributed by atoms with Crippen molar-refractivity contribution in [3.8, 4) is 11.5 Å². The molecule has 1 aromatic rings. The number of aldehydes is 1. The first-order valence-corrected chi connectivity index (χ1v) is 11.7. The fraction of sp³-hybridized carbons (Fsp3) is 0.750. The molecule has 0 atom stereocenters. The van der Waals surface area contributed by atoms with Gasteiger partial charge in [-0.3, -0.25) is 9.59 Å². The summed E-state index contributed by atoms with van der Waals surface area (Å²) in [5, 5.41) is 19.2. The molecule has 0 saturated carbocycles. The second kappa shape index (κ2) is 16.1. The molecule has 2 N–H and O–H groups in total. The second-order valence-corrected chi connectivity index (χ2v) is 8.19. The lowest BCUT2D eigenvalue weighted by molar-refractivity contribution is 0.111. The minimum absolute atomic E-state index is 0.0613. The Balaban J connectivity index is 1.98. The van der Waals surface area contributed by atoms with E-state index in [1.54, 1.807) is 0 Å². The van der Waals surface area contributed by atoms with Crippen molar-refractivity contribution in [2.75, 3.05) is 0 Å². The molecule has 0 amide bonds. The van der Waals surface area contributed by atoms with E-state index in [2.05, 4.69) is 6.92 Å². The zero-order valence-electron chi connectivity index (χ0n) is 18.3. The van der Waals surface area contributed by atoms with Crippen LogP contribution in [0.4, 0.5) is 0 Å². The SMILES string of the molecule is CCCCCCCCCCCCCCCCCCn1cc(O)c(=O)c(O)c1C=O. The molecule has 1 heterocycles. The molecule has 29 heavy (non-hydrogen) atoms. The molecule has 5 heteroatoms. The van der Waals surface area contributed by atoms with E-state index in [1.807, 2.05) is 0 Å². The van der Waals surface area contributed by atoms with Gasteiger partial charge in [-0.2, -0.15) is 0 Å². The van der Waals surface area contributed by atoms with Crippen LogP contribution in [0, 0.1) is 0 Å². The third-order valence-electron chi connectivity index (χ3n) is 5.64. The van der Waals surface area contributed by atoms with Crippen LogP contribution in [0.3, 0.4) is 0 Å². The Labute approximate surface area is 176 Å². The van der Waals surface area contributed by atoms with Gasteiger partial charge in [0.1, 0.15) is 5.69 Å². The van der Waals surface area contributed by atoms with Crippen LogP contribution in [0.1, 0.15) is 120 Å². The van der Waals surface area contributed by atoms with Gasteiger partial charge in [-0.05, 0) is 6.42 Å². The highest BCUT2D eigenvalue weighted by atomic mass is 16.3. The van der Waals surface area contributed by atoms with Crippen LogP contribution >= 0.6 is 0 Å². The Bertz CT molecular complexity index is 624.